The summed E-state index contributed by atoms with van der Waals surface area (Å²) >= 11 is 0. The van der Waals surface area contributed by atoms with Crippen LogP contribution in [0.5, 0.6) is 11.5 Å². The van der Waals surface area contributed by atoms with Crippen molar-refractivity contribution in [2.24, 2.45) is 0 Å². The summed E-state index contributed by atoms with van der Waals surface area (Å²) in [4.78, 5) is 83.4. The first-order chi connectivity index (χ1) is 61.8. The average Bonchev–Trinajstić information content (AvgIpc) is 0.847. The van der Waals surface area contributed by atoms with Gasteiger partial charge in [-0.3, -0.25) is 0 Å². The Kier molecular flexibility index (Phi) is 103. The second kappa shape index (κ2) is 94.6. The Balaban J connectivity index is -0.000000229. The number of aromatic hydroxyl groups is 2. The number of benzene rings is 8. The molecule has 0 saturated heterocycles. The fourth-order valence-corrected chi connectivity index (χ4v) is 13.2. The molecule has 8 aromatic rings. The quantitative estimate of drug-likeness (QED) is 0.0203. The summed E-state index contributed by atoms with van der Waals surface area (Å²) in [6.07, 6.45) is 36.8. The van der Waals surface area contributed by atoms with Crippen molar-refractivity contribution in [2.75, 3.05) is 0 Å². The maximum atomic E-state index is 13.8. The van der Waals surface area contributed by atoms with Gasteiger partial charge in [-0.05, 0) is 222 Å². The number of hydrogen-bond donors (Lipinski definition) is 2. The number of carboxylic acids is 8. The van der Waals surface area contributed by atoms with Crippen LogP contribution in [0.2, 0.25) is 0 Å². The van der Waals surface area contributed by atoms with E-state index in [1.165, 1.54) is 80.5 Å². The summed E-state index contributed by atoms with van der Waals surface area (Å²) in [5.41, 5.74) is 11.4. The van der Waals surface area contributed by atoms with E-state index in [-0.39, 0.29) is 315 Å². The topological polar surface area (TPSA) is 361 Å². The Morgan fingerprint density at radius 3 is 1.09 bits per heavy atom. The van der Waals surface area contributed by atoms with Crippen LogP contribution in [0.1, 0.15) is 311 Å². The van der Waals surface area contributed by atoms with Crippen LogP contribution >= 0.6 is 0 Å². The second-order valence-electron chi connectivity index (χ2n) is 31.6. The summed E-state index contributed by atoms with van der Waals surface area (Å²) in [7, 11) is 0. The Labute approximate surface area is 989 Å². The fraction of sp³-hybridized carbons (Fsp3) is 0.439. The number of carbonyl (C=O) groups is 8. The monoisotopic (exact) mass is 1970 g/mol. The van der Waals surface area contributed by atoms with Crippen molar-refractivity contribution >= 4 is 59.9 Å². The molecule has 1 unspecified atom stereocenters. The van der Waals surface area contributed by atoms with E-state index in [1.54, 1.807) is 72.8 Å². The number of halogens is 4. The number of carboxylic acid groups (broad SMARTS) is 8. The number of aliphatic carboxylic acids is 8. The first-order valence-electron chi connectivity index (χ1n) is 45.5. The molecule has 0 heterocycles. The van der Waals surface area contributed by atoms with Gasteiger partial charge in [-0.1, -0.05) is 316 Å². The van der Waals surface area contributed by atoms with E-state index in [0.29, 0.717) is 47.3 Å². The Bertz CT molecular complexity index is 4590. The SMILES string of the molecule is CCC/C=C/c1ccc(F)c(CC(=O)[O-])c1.CCCC/C=C/c1cccc(CC(=O)[O-])c1.CCCCCCc1cccc(CC(=O)[O-])c1.CCCCCc1cc(CC(=O)[O-])ccc1F.CCCCCc1cc(CC(=O)[O-])ccc1O.CCCCCc1cc(CCC(=O)[O-])ccc1O.CCCCCc1cccc(C(F)C(=O)[O-])c1.CCCCCc1cccc(CC(=O)[O-])c1F.[Na+].[Na+].[Na+].[Na+].[Na+].[Na+].[Na+].[Na+]. The molecular weight excluding hydrogens is 1830 g/mol. The van der Waals surface area contributed by atoms with Crippen molar-refractivity contribution in [3.8, 4) is 11.5 Å². The molecule has 0 aromatic heterocycles. The number of allylic oxidation sites excluding steroid dienone is 2. The number of hydrogen-bond acceptors (Lipinski definition) is 18. The van der Waals surface area contributed by atoms with Gasteiger partial charge < -0.3 is 89.4 Å². The van der Waals surface area contributed by atoms with E-state index >= 15 is 0 Å². The molecule has 1 atom stereocenters. The minimum atomic E-state index is -2.02. The minimum absolute atomic E-state index is 0. The number of aryl methyl sites for hydroxylation is 7. The molecule has 8 rings (SSSR count). The summed E-state index contributed by atoms with van der Waals surface area (Å²) < 4.78 is 53.5. The van der Waals surface area contributed by atoms with Crippen LogP contribution in [-0.2, 0) is 122 Å². The van der Waals surface area contributed by atoms with Gasteiger partial charge in [-0.15, -0.1) is 0 Å². The minimum Gasteiger partial charge on any atom is -0.550 e. The maximum absolute atomic E-state index is 13.8. The fourth-order valence-electron chi connectivity index (χ4n) is 13.2. The van der Waals surface area contributed by atoms with Gasteiger partial charge in [-0.2, -0.15) is 0 Å². The number of rotatable bonds is 49. The predicted octanol–water partition coefficient (Wildman–Crippen LogP) is -8.65. The van der Waals surface area contributed by atoms with Crippen LogP contribution < -0.4 is 277 Å². The van der Waals surface area contributed by atoms with Gasteiger partial charge in [0.15, 0.2) is 6.17 Å². The summed E-state index contributed by atoms with van der Waals surface area (Å²) in [5, 5.41) is 103. The Morgan fingerprint density at radius 1 is 0.285 bits per heavy atom. The second-order valence-corrected chi connectivity index (χ2v) is 31.6. The molecule has 0 amide bonds. The average molecular weight is 1970 g/mol. The number of phenolic OH excluding ortho intramolecular Hbond substituents is 2. The van der Waals surface area contributed by atoms with Crippen molar-refractivity contribution in [1.82, 2.24) is 0 Å². The molecule has 0 saturated carbocycles. The number of carbonyl (C=O) groups excluding carboxylic acids is 8. The molecule has 30 heteroatoms. The standard InChI is InChI=1S/C14H20O3.C14H20O2.C14H18O2.3C13H17FO2.C13H15FO2.C13H18O3.8Na/c1-2-3-4-5-12-10-11(6-8-13(12)15)7-9-14(16)17;2*1-2-3-4-5-7-12-8-6-9-13(10-12)11-14(15)16;1-2-3-4-6-10-7-5-8-11(13(10)14)9-12(15)16;1-2-3-4-6-10-7-5-8-11(9-10)12(14)13(15)16;1-2-3-4-5-11-8-10(9-13(15)16)6-7-12(11)14;1-2-3-4-5-10-6-7-12(14)11(8-10)9-13(15)16;1-2-3-4-5-11-8-10(9-13(15)16)6-7-12(11)14;;;;;;;;/h6,8,10,15H,2-5,7,9H2,1H3,(H,16,17);6,8-10H,2-5,7,11H2,1H3,(H,15,16);5-10H,2-4,11H2,1H3,(H,15,16);5,7-8H,2-4,6,9H2,1H3,(H,15,16);5,7-9,12H,2-4,6H2,1H3,(H,15,16);6-8H,2-5,9H2,1H3,(H,15,16);4-8H,2-3,9H2,1H3,(H,15,16);6-8,14H,2-5,9H2,1H3,(H,15,16);;;;;;;;/q;;;;;;;;8*+1/p-8/b;;7-5+;;;;5-4+;;;;;;;;;. The van der Waals surface area contributed by atoms with E-state index < -0.39 is 59.7 Å². The Morgan fingerprint density at radius 2 is 0.620 bits per heavy atom. The van der Waals surface area contributed by atoms with E-state index in [1.807, 2.05) is 66.8 Å². The van der Waals surface area contributed by atoms with Gasteiger partial charge in [0.2, 0.25) is 0 Å². The molecule has 8 aromatic carbocycles. The van der Waals surface area contributed by atoms with Crippen LogP contribution in [0.4, 0.5) is 17.6 Å². The third-order valence-corrected chi connectivity index (χ3v) is 20.1. The summed E-state index contributed by atoms with van der Waals surface area (Å²) in [5.74, 6) is -10.1. The summed E-state index contributed by atoms with van der Waals surface area (Å²) in [6.45, 7) is 17.0. The molecular formula is C107H134F4Na8O18. The van der Waals surface area contributed by atoms with Crippen molar-refractivity contribution < 1.29 is 343 Å². The van der Waals surface area contributed by atoms with Crippen molar-refractivity contribution in [3.05, 3.63) is 282 Å². The van der Waals surface area contributed by atoms with Gasteiger partial charge in [0.05, 0.1) is 5.97 Å². The molecule has 18 nitrogen and oxygen atoms in total. The molecule has 2 N–H and O–H groups in total. The molecule has 706 valence electrons. The summed E-state index contributed by atoms with van der Waals surface area (Å²) in [6, 6.07) is 46.0. The Hall–Kier alpha value is -3.68. The van der Waals surface area contributed by atoms with Gasteiger partial charge in [0.1, 0.15) is 29.0 Å². The van der Waals surface area contributed by atoms with E-state index in [2.05, 4.69) is 67.5 Å². The molecule has 0 aliphatic heterocycles. The number of phenols is 2. The molecule has 0 aliphatic rings. The number of alkyl halides is 1. The largest absolute Gasteiger partial charge is 1.00 e. The smallest absolute Gasteiger partial charge is 0.550 e. The third-order valence-electron chi connectivity index (χ3n) is 20.1. The predicted molar refractivity (Wildman–Crippen MR) is 486 cm³/mol. The third kappa shape index (κ3) is 76.6. The van der Waals surface area contributed by atoms with Crippen molar-refractivity contribution in [2.45, 2.75) is 306 Å². The first kappa shape index (κ1) is 149. The molecule has 0 fully saturated rings. The van der Waals surface area contributed by atoms with Gasteiger partial charge in [-0.25, -0.2) is 17.6 Å². The van der Waals surface area contributed by atoms with Crippen LogP contribution in [0.15, 0.2) is 176 Å². The maximum Gasteiger partial charge on any atom is 1.00 e. The van der Waals surface area contributed by atoms with Crippen LogP contribution in [0, 0.1) is 17.5 Å². The van der Waals surface area contributed by atoms with Crippen molar-refractivity contribution in [1.29, 1.82) is 0 Å². The van der Waals surface area contributed by atoms with Gasteiger partial charge in [0, 0.05) is 80.3 Å². The van der Waals surface area contributed by atoms with Gasteiger partial charge >= 0.3 is 236 Å². The molecule has 137 heavy (non-hydrogen) atoms. The van der Waals surface area contributed by atoms with Crippen LogP contribution in [-0.4, -0.2) is 58.0 Å². The molecule has 0 spiro atoms. The zero-order chi connectivity index (χ0) is 96.1. The van der Waals surface area contributed by atoms with Crippen molar-refractivity contribution in [3.63, 3.8) is 0 Å². The molecule has 0 bridgehead atoms. The van der Waals surface area contributed by atoms with Gasteiger partial charge in [0.25, 0.3) is 0 Å². The van der Waals surface area contributed by atoms with E-state index in [0.717, 1.165) is 186 Å². The van der Waals surface area contributed by atoms with E-state index in [4.69, 9.17) is 0 Å². The molecule has 0 radical (unpaired) electrons. The first-order valence-corrected chi connectivity index (χ1v) is 45.5. The number of unbranched alkanes of at least 4 members (excludes halogenated alkanes) is 16. The molecule has 0 aliphatic carbocycles. The normalized spacial score (nSPS) is 10.1. The zero-order valence-corrected chi connectivity index (χ0v) is 101. The van der Waals surface area contributed by atoms with Crippen LogP contribution in [0.25, 0.3) is 12.2 Å². The van der Waals surface area contributed by atoms with E-state index in [9.17, 15) is 107 Å². The zero-order valence-electron chi connectivity index (χ0n) is 84.8. The van der Waals surface area contributed by atoms with Crippen LogP contribution in [0.3, 0.4) is 0 Å².